The zero-order chi connectivity index (χ0) is 18.5. The predicted molar refractivity (Wildman–Crippen MR) is 99.5 cm³/mol. The number of primary amides is 1. The molecule has 3 rings (SSSR count). The molecule has 132 valence electrons. The molecule has 3 aromatic rings. The summed E-state index contributed by atoms with van der Waals surface area (Å²) >= 11 is 1.36. The normalized spacial score (nSPS) is 10.3. The highest BCUT2D eigenvalue weighted by molar-refractivity contribution is 7.13. The number of benzene rings is 2. The molecule has 6 nitrogen and oxygen atoms in total. The lowest BCUT2D eigenvalue weighted by molar-refractivity contribution is -0.115. The maximum absolute atomic E-state index is 13.3. The van der Waals surface area contributed by atoms with Crippen molar-refractivity contribution < 1.29 is 14.0 Å². The number of rotatable bonds is 5. The van der Waals surface area contributed by atoms with Crippen LogP contribution in [0.1, 0.15) is 5.69 Å². The molecule has 8 heteroatoms. The molecule has 0 aliphatic heterocycles. The van der Waals surface area contributed by atoms with Gasteiger partial charge in [-0.15, -0.1) is 11.3 Å². The molecule has 0 atom stereocenters. The minimum Gasteiger partial charge on any atom is -0.351 e. The van der Waals surface area contributed by atoms with Crippen molar-refractivity contribution in [3.63, 3.8) is 0 Å². The van der Waals surface area contributed by atoms with Gasteiger partial charge in [0.25, 0.3) is 0 Å². The number of nitrogens with zero attached hydrogens (tertiary/aromatic N) is 1. The van der Waals surface area contributed by atoms with E-state index < -0.39 is 6.03 Å². The summed E-state index contributed by atoms with van der Waals surface area (Å²) in [6, 6.07) is 12.1. The van der Waals surface area contributed by atoms with E-state index in [9.17, 15) is 14.0 Å². The van der Waals surface area contributed by atoms with E-state index in [0.29, 0.717) is 27.6 Å². The average molecular weight is 370 g/mol. The van der Waals surface area contributed by atoms with Crippen LogP contribution in [0.3, 0.4) is 0 Å². The molecule has 0 aliphatic carbocycles. The van der Waals surface area contributed by atoms with Crippen LogP contribution in [-0.2, 0) is 11.2 Å². The van der Waals surface area contributed by atoms with E-state index in [0.717, 1.165) is 0 Å². The maximum Gasteiger partial charge on any atom is 0.316 e. The third-order valence-electron chi connectivity index (χ3n) is 3.40. The number of hydrogen-bond donors (Lipinski definition) is 3. The molecular weight excluding hydrogens is 355 g/mol. The van der Waals surface area contributed by atoms with Crippen molar-refractivity contribution in [2.75, 3.05) is 10.6 Å². The summed E-state index contributed by atoms with van der Waals surface area (Å²) in [5.74, 6) is -0.553. The Bertz CT molecular complexity index is 940. The monoisotopic (exact) mass is 370 g/mol. The molecule has 0 unspecified atom stereocenters. The Morgan fingerprint density at radius 3 is 2.42 bits per heavy atom. The van der Waals surface area contributed by atoms with E-state index in [2.05, 4.69) is 15.6 Å². The van der Waals surface area contributed by atoms with Crippen molar-refractivity contribution in [3.8, 4) is 10.6 Å². The number of halogens is 1. The number of hydrogen-bond acceptors (Lipinski definition) is 4. The molecule has 2 aromatic carbocycles. The first-order chi connectivity index (χ1) is 12.5. The number of carbonyl (C=O) groups excluding carboxylic acids is 2. The van der Waals surface area contributed by atoms with Gasteiger partial charge in [-0.3, -0.25) is 4.79 Å². The molecule has 0 spiro atoms. The van der Waals surface area contributed by atoms with Crippen LogP contribution in [0.4, 0.5) is 20.6 Å². The zero-order valence-electron chi connectivity index (χ0n) is 13.5. The molecule has 0 saturated heterocycles. The lowest BCUT2D eigenvalue weighted by Crippen LogP contribution is -2.19. The highest BCUT2D eigenvalue weighted by Gasteiger charge is 2.10. The summed E-state index contributed by atoms with van der Waals surface area (Å²) in [4.78, 5) is 27.3. The van der Waals surface area contributed by atoms with Crippen molar-refractivity contribution in [2.24, 2.45) is 5.73 Å². The summed E-state index contributed by atoms with van der Waals surface area (Å²) in [7, 11) is 0. The molecule has 4 N–H and O–H groups in total. The number of urea groups is 1. The summed E-state index contributed by atoms with van der Waals surface area (Å²) in [6.07, 6.45) is 0.104. The molecule has 1 aromatic heterocycles. The van der Waals surface area contributed by atoms with Crippen LogP contribution >= 0.6 is 11.3 Å². The van der Waals surface area contributed by atoms with Crippen LogP contribution in [-0.4, -0.2) is 16.9 Å². The van der Waals surface area contributed by atoms with Gasteiger partial charge >= 0.3 is 6.03 Å². The maximum atomic E-state index is 13.3. The van der Waals surface area contributed by atoms with E-state index in [1.165, 1.54) is 23.5 Å². The van der Waals surface area contributed by atoms with Crippen LogP contribution < -0.4 is 16.4 Å². The van der Waals surface area contributed by atoms with Crippen LogP contribution in [0.5, 0.6) is 0 Å². The van der Waals surface area contributed by atoms with E-state index in [1.54, 1.807) is 41.8 Å². The molecule has 0 aliphatic rings. The first-order valence-corrected chi connectivity index (χ1v) is 8.54. The molecule has 0 radical (unpaired) electrons. The van der Waals surface area contributed by atoms with Gasteiger partial charge in [0, 0.05) is 22.3 Å². The van der Waals surface area contributed by atoms with E-state index >= 15 is 0 Å². The Labute approximate surface area is 152 Å². The Morgan fingerprint density at radius 1 is 1.08 bits per heavy atom. The SMILES string of the molecule is NC(=O)Nc1ccc(NC(=O)Cc2csc(-c3cccc(F)c3)n2)cc1. The van der Waals surface area contributed by atoms with E-state index in [4.69, 9.17) is 5.73 Å². The van der Waals surface area contributed by atoms with Gasteiger partial charge < -0.3 is 16.4 Å². The largest absolute Gasteiger partial charge is 0.351 e. The zero-order valence-corrected chi connectivity index (χ0v) is 14.3. The number of amides is 3. The summed E-state index contributed by atoms with van der Waals surface area (Å²) in [5, 5.41) is 7.63. The molecule has 0 fully saturated rings. The minimum atomic E-state index is -0.653. The first kappa shape index (κ1) is 17.6. The van der Waals surface area contributed by atoms with Gasteiger partial charge in [-0.05, 0) is 36.4 Å². The second-order valence-electron chi connectivity index (χ2n) is 5.45. The Balaban J connectivity index is 1.61. The van der Waals surface area contributed by atoms with Crippen LogP contribution in [0, 0.1) is 5.82 Å². The lowest BCUT2D eigenvalue weighted by atomic mass is 10.2. The highest BCUT2D eigenvalue weighted by Crippen LogP contribution is 2.24. The number of anilines is 2. The van der Waals surface area contributed by atoms with Gasteiger partial charge in [0.2, 0.25) is 5.91 Å². The number of carbonyl (C=O) groups is 2. The second-order valence-corrected chi connectivity index (χ2v) is 6.30. The van der Waals surface area contributed by atoms with E-state index in [1.807, 2.05) is 0 Å². The third kappa shape index (κ3) is 4.64. The lowest BCUT2D eigenvalue weighted by Gasteiger charge is -2.06. The number of nitrogens with one attached hydrogen (secondary N) is 2. The fourth-order valence-electron chi connectivity index (χ4n) is 2.29. The molecule has 1 heterocycles. The van der Waals surface area contributed by atoms with Crippen LogP contribution in [0.25, 0.3) is 10.6 Å². The third-order valence-corrected chi connectivity index (χ3v) is 4.34. The fourth-order valence-corrected chi connectivity index (χ4v) is 3.11. The highest BCUT2D eigenvalue weighted by atomic mass is 32.1. The molecule has 0 bridgehead atoms. The van der Waals surface area contributed by atoms with Gasteiger partial charge in [0.15, 0.2) is 0 Å². The number of nitrogens with two attached hydrogens (primary N) is 1. The van der Waals surface area contributed by atoms with Gasteiger partial charge in [0.05, 0.1) is 12.1 Å². The summed E-state index contributed by atoms with van der Waals surface area (Å²) < 4.78 is 13.3. The molecule has 26 heavy (non-hydrogen) atoms. The quantitative estimate of drug-likeness (QED) is 0.640. The average Bonchev–Trinajstić information content (AvgIpc) is 3.04. The van der Waals surface area contributed by atoms with Crippen molar-refractivity contribution >= 4 is 34.6 Å². The number of aromatic nitrogens is 1. The van der Waals surface area contributed by atoms with Gasteiger partial charge in [0.1, 0.15) is 10.8 Å². The van der Waals surface area contributed by atoms with Gasteiger partial charge in [-0.1, -0.05) is 12.1 Å². The first-order valence-electron chi connectivity index (χ1n) is 7.66. The van der Waals surface area contributed by atoms with Gasteiger partial charge in [-0.25, -0.2) is 14.2 Å². The number of thiazole rings is 1. The standard InChI is InChI=1S/C18H15FN4O2S/c19-12-3-1-2-11(8-12)17-22-15(10-26-17)9-16(24)21-13-4-6-14(7-5-13)23-18(20)25/h1-8,10H,9H2,(H,21,24)(H3,20,23,25). The Hall–Kier alpha value is -3.26. The fraction of sp³-hybridized carbons (Fsp3) is 0.0556. The van der Waals surface area contributed by atoms with E-state index in [-0.39, 0.29) is 18.1 Å². The van der Waals surface area contributed by atoms with Crippen LogP contribution in [0.15, 0.2) is 53.9 Å². The Kier molecular flexibility index (Phi) is 5.23. The predicted octanol–water partition coefficient (Wildman–Crippen LogP) is 3.62. The van der Waals surface area contributed by atoms with Crippen molar-refractivity contribution in [2.45, 2.75) is 6.42 Å². The summed E-state index contributed by atoms with van der Waals surface area (Å²) in [5.41, 5.74) is 7.45. The van der Waals surface area contributed by atoms with Crippen molar-refractivity contribution in [1.29, 1.82) is 0 Å². The van der Waals surface area contributed by atoms with Crippen molar-refractivity contribution in [3.05, 3.63) is 65.4 Å². The second kappa shape index (κ2) is 7.75. The molecule has 3 amide bonds. The summed E-state index contributed by atoms with van der Waals surface area (Å²) in [6.45, 7) is 0. The smallest absolute Gasteiger partial charge is 0.316 e. The molecule has 0 saturated carbocycles. The van der Waals surface area contributed by atoms with Crippen molar-refractivity contribution in [1.82, 2.24) is 4.98 Å². The topological polar surface area (TPSA) is 97.1 Å². The van der Waals surface area contributed by atoms with Crippen LogP contribution in [0.2, 0.25) is 0 Å². The Morgan fingerprint density at radius 2 is 1.77 bits per heavy atom. The molecular formula is C18H15FN4O2S. The van der Waals surface area contributed by atoms with Gasteiger partial charge in [-0.2, -0.15) is 0 Å². The minimum absolute atomic E-state index is 0.104.